The topological polar surface area (TPSA) is 120 Å². The van der Waals surface area contributed by atoms with Gasteiger partial charge in [-0.25, -0.2) is 9.78 Å². The standard InChI is InChI=1S/C14H13N3O.C2HF3O2/c1-2-9-7-12(17-14(16)11(9)8-15)10-5-3-4-6-13(10)18;3-2(4,5)1(6)7/h3-7,18H,2H2,1H3,(H2,16,17);(H,6,7). The highest BCUT2D eigenvalue weighted by atomic mass is 19.4. The van der Waals surface area contributed by atoms with Gasteiger partial charge in [0.25, 0.3) is 0 Å². The van der Waals surface area contributed by atoms with Crippen molar-refractivity contribution in [3.63, 3.8) is 0 Å². The number of aliphatic carboxylic acids is 1. The molecule has 0 aliphatic rings. The Morgan fingerprint density at radius 1 is 1.36 bits per heavy atom. The highest BCUT2D eigenvalue weighted by molar-refractivity contribution is 5.73. The first-order valence-electron chi connectivity index (χ1n) is 6.89. The third-order valence-electron chi connectivity index (χ3n) is 3.04. The van der Waals surface area contributed by atoms with Crippen molar-refractivity contribution in [1.82, 2.24) is 4.98 Å². The van der Waals surface area contributed by atoms with Crippen molar-refractivity contribution in [3.8, 4) is 23.1 Å². The largest absolute Gasteiger partial charge is 0.507 e. The number of para-hydroxylation sites is 1. The first-order chi connectivity index (χ1) is 11.6. The molecule has 0 bridgehead atoms. The molecule has 0 spiro atoms. The normalized spacial score (nSPS) is 10.4. The molecule has 1 heterocycles. The molecule has 132 valence electrons. The number of nitriles is 1. The second kappa shape index (κ2) is 8.01. The summed E-state index contributed by atoms with van der Waals surface area (Å²) in [6.07, 6.45) is -4.39. The molecule has 4 N–H and O–H groups in total. The van der Waals surface area contributed by atoms with E-state index in [1.165, 1.54) is 0 Å². The van der Waals surface area contributed by atoms with Crippen LogP contribution >= 0.6 is 0 Å². The summed E-state index contributed by atoms with van der Waals surface area (Å²) in [5.41, 5.74) is 8.23. The predicted octanol–water partition coefficient (Wildman–Crippen LogP) is 3.10. The van der Waals surface area contributed by atoms with Crippen molar-refractivity contribution >= 4 is 11.8 Å². The number of carboxylic acid groups (broad SMARTS) is 1. The zero-order valence-electron chi connectivity index (χ0n) is 13.0. The first kappa shape index (κ1) is 19.8. The number of alkyl halides is 3. The van der Waals surface area contributed by atoms with Gasteiger partial charge < -0.3 is 15.9 Å². The number of hydrogen-bond acceptors (Lipinski definition) is 5. The summed E-state index contributed by atoms with van der Waals surface area (Å²) < 4.78 is 31.7. The summed E-state index contributed by atoms with van der Waals surface area (Å²) in [5.74, 6) is -2.40. The number of pyridine rings is 1. The quantitative estimate of drug-likeness (QED) is 0.763. The Labute approximate surface area is 141 Å². The van der Waals surface area contributed by atoms with Crippen LogP contribution in [0.4, 0.5) is 19.0 Å². The summed E-state index contributed by atoms with van der Waals surface area (Å²) in [6.45, 7) is 1.95. The van der Waals surface area contributed by atoms with Crippen molar-refractivity contribution < 1.29 is 28.2 Å². The Hall–Kier alpha value is -3.28. The molecule has 0 amide bonds. The van der Waals surface area contributed by atoms with E-state index < -0.39 is 12.1 Å². The minimum atomic E-state index is -5.08. The van der Waals surface area contributed by atoms with E-state index in [2.05, 4.69) is 11.1 Å². The molecule has 9 heteroatoms. The van der Waals surface area contributed by atoms with Crippen LogP contribution in [0.25, 0.3) is 11.3 Å². The van der Waals surface area contributed by atoms with Gasteiger partial charge in [0, 0.05) is 5.56 Å². The number of carboxylic acids is 1. The molecular weight excluding hydrogens is 339 g/mol. The number of nitrogens with zero attached hydrogens (tertiary/aromatic N) is 2. The van der Waals surface area contributed by atoms with Crippen LogP contribution in [-0.4, -0.2) is 27.3 Å². The van der Waals surface area contributed by atoms with Gasteiger partial charge in [-0.1, -0.05) is 19.1 Å². The number of phenolic OH excluding ortho intramolecular Hbond substituents is 1. The van der Waals surface area contributed by atoms with Gasteiger partial charge in [0.1, 0.15) is 17.6 Å². The lowest BCUT2D eigenvalue weighted by Gasteiger charge is -2.09. The summed E-state index contributed by atoms with van der Waals surface area (Å²) in [4.78, 5) is 13.1. The summed E-state index contributed by atoms with van der Waals surface area (Å²) in [5, 5.41) is 26.0. The number of aromatic hydroxyl groups is 1. The van der Waals surface area contributed by atoms with E-state index in [9.17, 15) is 18.3 Å². The van der Waals surface area contributed by atoms with Crippen LogP contribution in [0.1, 0.15) is 18.1 Å². The molecular formula is C16H14F3N3O3. The molecule has 0 aliphatic carbocycles. The molecule has 0 atom stereocenters. The van der Waals surface area contributed by atoms with E-state index in [4.69, 9.17) is 20.9 Å². The Bertz CT molecular complexity index is 814. The highest BCUT2D eigenvalue weighted by Crippen LogP contribution is 2.30. The number of phenols is 1. The zero-order valence-corrected chi connectivity index (χ0v) is 13.0. The molecule has 1 aromatic carbocycles. The fourth-order valence-corrected chi connectivity index (χ4v) is 1.86. The molecule has 0 radical (unpaired) electrons. The Balaban J connectivity index is 0.000000381. The monoisotopic (exact) mass is 353 g/mol. The van der Waals surface area contributed by atoms with Crippen molar-refractivity contribution in [2.24, 2.45) is 0 Å². The summed E-state index contributed by atoms with van der Waals surface area (Å²) >= 11 is 0. The van der Waals surface area contributed by atoms with Crippen LogP contribution in [-0.2, 0) is 11.2 Å². The highest BCUT2D eigenvalue weighted by Gasteiger charge is 2.38. The van der Waals surface area contributed by atoms with Crippen LogP contribution in [0.3, 0.4) is 0 Å². The van der Waals surface area contributed by atoms with E-state index in [1.807, 2.05) is 13.0 Å². The number of nitrogen functional groups attached to an aromatic ring is 1. The zero-order chi connectivity index (χ0) is 19.2. The lowest BCUT2D eigenvalue weighted by Crippen LogP contribution is -2.21. The van der Waals surface area contributed by atoms with Crippen LogP contribution < -0.4 is 5.73 Å². The average molecular weight is 353 g/mol. The van der Waals surface area contributed by atoms with Crippen molar-refractivity contribution in [2.45, 2.75) is 19.5 Å². The average Bonchev–Trinajstić information content (AvgIpc) is 2.54. The van der Waals surface area contributed by atoms with Gasteiger partial charge in [0.15, 0.2) is 0 Å². The maximum atomic E-state index is 10.6. The van der Waals surface area contributed by atoms with Crippen LogP contribution in [0.15, 0.2) is 30.3 Å². The van der Waals surface area contributed by atoms with E-state index in [0.717, 1.165) is 5.56 Å². The molecule has 0 fully saturated rings. The van der Waals surface area contributed by atoms with Gasteiger partial charge in [-0.3, -0.25) is 0 Å². The Kier molecular flexibility index (Phi) is 6.33. The number of rotatable bonds is 2. The van der Waals surface area contributed by atoms with Crippen LogP contribution in [0.2, 0.25) is 0 Å². The smallest absolute Gasteiger partial charge is 0.490 e. The maximum absolute atomic E-state index is 10.6. The number of benzene rings is 1. The molecule has 0 unspecified atom stereocenters. The lowest BCUT2D eigenvalue weighted by molar-refractivity contribution is -0.192. The SMILES string of the molecule is CCc1cc(-c2ccccc2O)nc(N)c1C#N.O=C(O)C(F)(F)F. The van der Waals surface area contributed by atoms with Crippen molar-refractivity contribution in [2.75, 3.05) is 5.73 Å². The number of aryl methyl sites for hydroxylation is 1. The Morgan fingerprint density at radius 2 is 1.92 bits per heavy atom. The van der Waals surface area contributed by atoms with Crippen LogP contribution in [0, 0.1) is 11.3 Å². The van der Waals surface area contributed by atoms with Gasteiger partial charge in [0.05, 0.1) is 11.3 Å². The number of halogens is 3. The number of carbonyl (C=O) groups is 1. The van der Waals surface area contributed by atoms with Gasteiger partial charge in [-0.05, 0) is 30.2 Å². The molecule has 0 saturated carbocycles. The minimum absolute atomic E-state index is 0.149. The lowest BCUT2D eigenvalue weighted by atomic mass is 10.0. The summed E-state index contributed by atoms with van der Waals surface area (Å²) in [7, 11) is 0. The van der Waals surface area contributed by atoms with E-state index in [-0.39, 0.29) is 11.6 Å². The van der Waals surface area contributed by atoms with Gasteiger partial charge in [-0.2, -0.15) is 18.4 Å². The van der Waals surface area contributed by atoms with E-state index in [0.29, 0.717) is 23.2 Å². The van der Waals surface area contributed by atoms with Crippen LogP contribution in [0.5, 0.6) is 5.75 Å². The number of aromatic nitrogens is 1. The first-order valence-corrected chi connectivity index (χ1v) is 6.89. The molecule has 0 aliphatic heterocycles. The molecule has 1 aromatic heterocycles. The third kappa shape index (κ3) is 5.10. The molecule has 25 heavy (non-hydrogen) atoms. The Morgan fingerprint density at radius 3 is 2.36 bits per heavy atom. The van der Waals surface area contributed by atoms with Gasteiger partial charge in [0.2, 0.25) is 0 Å². The third-order valence-corrected chi connectivity index (χ3v) is 3.04. The molecule has 2 aromatic rings. The van der Waals surface area contributed by atoms with Gasteiger partial charge >= 0.3 is 12.1 Å². The minimum Gasteiger partial charge on any atom is -0.507 e. The molecule has 6 nitrogen and oxygen atoms in total. The second-order valence-electron chi connectivity index (χ2n) is 4.71. The number of anilines is 1. The number of hydrogen-bond donors (Lipinski definition) is 3. The second-order valence-corrected chi connectivity index (χ2v) is 4.71. The van der Waals surface area contributed by atoms with Crippen molar-refractivity contribution in [1.29, 1.82) is 5.26 Å². The van der Waals surface area contributed by atoms with Crippen molar-refractivity contribution in [3.05, 3.63) is 41.5 Å². The maximum Gasteiger partial charge on any atom is 0.490 e. The fraction of sp³-hybridized carbons (Fsp3) is 0.188. The van der Waals surface area contributed by atoms with Gasteiger partial charge in [-0.15, -0.1) is 0 Å². The van der Waals surface area contributed by atoms with E-state index >= 15 is 0 Å². The summed E-state index contributed by atoms with van der Waals surface area (Å²) in [6, 6.07) is 10.8. The fourth-order valence-electron chi connectivity index (χ4n) is 1.86. The number of nitrogens with two attached hydrogens (primary N) is 1. The van der Waals surface area contributed by atoms with E-state index in [1.54, 1.807) is 24.3 Å². The molecule has 0 saturated heterocycles. The molecule has 2 rings (SSSR count). The predicted molar refractivity (Wildman–Crippen MR) is 83.5 cm³/mol.